The van der Waals surface area contributed by atoms with Crippen LogP contribution in [0.15, 0.2) is 0 Å². The highest BCUT2D eigenvalue weighted by Crippen LogP contribution is 2.62. The van der Waals surface area contributed by atoms with Gasteiger partial charge in [-0.2, -0.15) is 0 Å². The topological polar surface area (TPSA) is 20.2 Å². The summed E-state index contributed by atoms with van der Waals surface area (Å²) in [6, 6.07) is 0. The van der Waals surface area contributed by atoms with E-state index >= 15 is 0 Å². The van der Waals surface area contributed by atoms with Gasteiger partial charge in [-0.05, 0) is 41.9 Å². The van der Waals surface area contributed by atoms with Gasteiger partial charge in [0.25, 0.3) is 0 Å². The van der Waals surface area contributed by atoms with E-state index in [1.807, 2.05) is 0 Å². The normalized spacial score (nSPS) is 50.0. The summed E-state index contributed by atoms with van der Waals surface area (Å²) in [7, 11) is 0. The first-order valence-corrected chi connectivity index (χ1v) is 5.18. The molecule has 4 atom stereocenters. The van der Waals surface area contributed by atoms with E-state index in [2.05, 4.69) is 20.8 Å². The minimum atomic E-state index is 0.405. The van der Waals surface area contributed by atoms with Gasteiger partial charge in [0, 0.05) is 6.61 Å². The largest absolute Gasteiger partial charge is 0.396 e. The van der Waals surface area contributed by atoms with Gasteiger partial charge in [-0.25, -0.2) is 0 Å². The van der Waals surface area contributed by atoms with E-state index < -0.39 is 0 Å². The molecule has 1 nitrogen and oxygen atoms in total. The predicted molar refractivity (Wildman–Crippen MR) is 49.7 cm³/mol. The summed E-state index contributed by atoms with van der Waals surface area (Å²) >= 11 is 0. The molecule has 0 aromatic carbocycles. The second-order valence-electron chi connectivity index (χ2n) is 5.42. The molecule has 0 aromatic rings. The van der Waals surface area contributed by atoms with Crippen LogP contribution >= 0.6 is 0 Å². The number of hydrogen-bond donors (Lipinski definition) is 1. The summed E-state index contributed by atoms with van der Waals surface area (Å²) in [5.74, 6) is 3.09. The second kappa shape index (κ2) is 2.47. The molecule has 3 aliphatic rings. The van der Waals surface area contributed by atoms with Crippen molar-refractivity contribution in [3.63, 3.8) is 0 Å². The first-order valence-electron chi connectivity index (χ1n) is 5.18. The molecular formula is C11H20O. The van der Waals surface area contributed by atoms with Gasteiger partial charge in [-0.15, -0.1) is 0 Å². The molecule has 1 N–H and O–H groups in total. The van der Waals surface area contributed by atoms with Gasteiger partial charge in [0.2, 0.25) is 0 Å². The highest BCUT2D eigenvalue weighted by atomic mass is 16.3. The maximum atomic E-state index is 9.29. The third kappa shape index (κ3) is 0.891. The lowest BCUT2D eigenvalue weighted by atomic mass is 9.43. The van der Waals surface area contributed by atoms with Crippen LogP contribution in [0.4, 0.5) is 0 Å². The molecule has 0 aliphatic heterocycles. The zero-order valence-electron chi connectivity index (χ0n) is 8.38. The Balaban J connectivity index is 2.15. The summed E-state index contributed by atoms with van der Waals surface area (Å²) in [5.41, 5.74) is 0.528. The highest BCUT2D eigenvalue weighted by Gasteiger charge is 2.56. The maximum absolute atomic E-state index is 9.29. The lowest BCUT2D eigenvalue weighted by Crippen LogP contribution is -2.56. The quantitative estimate of drug-likeness (QED) is 0.637. The Hall–Kier alpha value is -0.0400. The van der Waals surface area contributed by atoms with Crippen LogP contribution in [0.25, 0.3) is 0 Å². The smallest absolute Gasteiger partial charge is 0.0464 e. The highest BCUT2D eigenvalue weighted by molar-refractivity contribution is 5.04. The molecule has 3 rings (SSSR count). The molecule has 0 heterocycles. The van der Waals surface area contributed by atoms with Gasteiger partial charge >= 0.3 is 0 Å². The fourth-order valence-electron chi connectivity index (χ4n) is 3.51. The molecule has 3 fully saturated rings. The van der Waals surface area contributed by atoms with Gasteiger partial charge in [0.1, 0.15) is 0 Å². The van der Waals surface area contributed by atoms with Crippen LogP contribution in [0, 0.1) is 29.1 Å². The first-order chi connectivity index (χ1) is 5.57. The molecule has 70 valence electrons. The molecule has 0 amide bonds. The van der Waals surface area contributed by atoms with E-state index in [4.69, 9.17) is 0 Å². The first kappa shape index (κ1) is 8.55. The van der Waals surface area contributed by atoms with E-state index in [0.717, 1.165) is 17.8 Å². The van der Waals surface area contributed by atoms with Crippen molar-refractivity contribution in [3.05, 3.63) is 0 Å². The van der Waals surface area contributed by atoms with Crippen molar-refractivity contribution >= 4 is 0 Å². The van der Waals surface area contributed by atoms with E-state index in [9.17, 15) is 5.11 Å². The van der Waals surface area contributed by atoms with Crippen LogP contribution < -0.4 is 0 Å². The molecule has 0 aromatic heterocycles. The Morgan fingerprint density at radius 3 is 2.42 bits per heavy atom. The molecular weight excluding hydrogens is 148 g/mol. The average molecular weight is 168 g/mol. The van der Waals surface area contributed by atoms with Crippen molar-refractivity contribution in [3.8, 4) is 0 Å². The second-order valence-corrected chi connectivity index (χ2v) is 5.42. The number of aliphatic hydroxyl groups excluding tert-OH is 1. The Morgan fingerprint density at radius 2 is 2.00 bits per heavy atom. The maximum Gasteiger partial charge on any atom is 0.0464 e. The average Bonchev–Trinajstić information content (AvgIpc) is 2.03. The van der Waals surface area contributed by atoms with Gasteiger partial charge in [-0.1, -0.05) is 20.8 Å². The van der Waals surface area contributed by atoms with Crippen molar-refractivity contribution in [2.24, 2.45) is 29.1 Å². The fraction of sp³-hybridized carbons (Fsp3) is 1.00. The zero-order chi connectivity index (χ0) is 8.93. The molecule has 3 saturated carbocycles. The molecule has 1 heteroatoms. The number of aliphatic hydroxyl groups is 1. The lowest BCUT2D eigenvalue weighted by Gasteiger charge is -2.62. The summed E-state index contributed by atoms with van der Waals surface area (Å²) in [4.78, 5) is 0. The van der Waals surface area contributed by atoms with Crippen LogP contribution in [0.3, 0.4) is 0 Å². The van der Waals surface area contributed by atoms with E-state index in [0.29, 0.717) is 17.9 Å². The predicted octanol–water partition coefficient (Wildman–Crippen LogP) is 2.30. The van der Waals surface area contributed by atoms with Crippen LogP contribution in [0.1, 0.15) is 33.6 Å². The molecule has 2 bridgehead atoms. The van der Waals surface area contributed by atoms with Crippen molar-refractivity contribution in [2.45, 2.75) is 33.6 Å². The number of fused-ring (bicyclic) bond motifs is 2. The number of hydrogen-bond acceptors (Lipinski definition) is 1. The SMILES string of the molecule is C[C@@H]1C[C@H]2C[C@@H]([C@@H]1CO)C2(C)C. The van der Waals surface area contributed by atoms with Gasteiger partial charge in [0.05, 0.1) is 0 Å². The third-order valence-electron chi connectivity index (χ3n) is 4.66. The zero-order valence-corrected chi connectivity index (χ0v) is 8.38. The molecule has 3 aliphatic carbocycles. The summed E-state index contributed by atoms with van der Waals surface area (Å²) in [5, 5.41) is 9.29. The van der Waals surface area contributed by atoms with E-state index in [1.165, 1.54) is 12.8 Å². The summed E-state index contributed by atoms with van der Waals surface area (Å²) < 4.78 is 0. The third-order valence-corrected chi connectivity index (χ3v) is 4.66. The monoisotopic (exact) mass is 168 g/mol. The van der Waals surface area contributed by atoms with Crippen molar-refractivity contribution in [1.29, 1.82) is 0 Å². The fourth-order valence-corrected chi connectivity index (χ4v) is 3.51. The van der Waals surface area contributed by atoms with Crippen LogP contribution in [0.2, 0.25) is 0 Å². The molecule has 0 saturated heterocycles. The van der Waals surface area contributed by atoms with Gasteiger partial charge in [0.15, 0.2) is 0 Å². The lowest BCUT2D eigenvalue weighted by molar-refractivity contribution is -0.142. The minimum Gasteiger partial charge on any atom is -0.396 e. The minimum absolute atomic E-state index is 0.405. The molecule has 0 spiro atoms. The molecule has 0 unspecified atom stereocenters. The van der Waals surface area contributed by atoms with Crippen molar-refractivity contribution < 1.29 is 5.11 Å². The van der Waals surface area contributed by atoms with Crippen LogP contribution in [-0.4, -0.2) is 11.7 Å². The van der Waals surface area contributed by atoms with E-state index in [-0.39, 0.29) is 0 Å². The Labute approximate surface area is 75.2 Å². The van der Waals surface area contributed by atoms with Gasteiger partial charge in [-0.3, -0.25) is 0 Å². The van der Waals surface area contributed by atoms with Crippen LogP contribution in [0.5, 0.6) is 0 Å². The van der Waals surface area contributed by atoms with Crippen molar-refractivity contribution in [2.75, 3.05) is 6.61 Å². The number of rotatable bonds is 1. The summed E-state index contributed by atoms with van der Waals surface area (Å²) in [6.45, 7) is 7.46. The Morgan fingerprint density at radius 1 is 1.33 bits per heavy atom. The molecule has 0 radical (unpaired) electrons. The van der Waals surface area contributed by atoms with Gasteiger partial charge < -0.3 is 5.11 Å². The Bertz CT molecular complexity index is 185. The Kier molecular flexibility index (Phi) is 1.76. The van der Waals surface area contributed by atoms with Crippen LogP contribution in [-0.2, 0) is 0 Å². The van der Waals surface area contributed by atoms with E-state index in [1.54, 1.807) is 0 Å². The van der Waals surface area contributed by atoms with Crippen molar-refractivity contribution in [1.82, 2.24) is 0 Å². The standard InChI is InChI=1S/C11H20O/c1-7-4-8-5-10(9(7)6-12)11(8,2)3/h7-10,12H,4-6H2,1-3H3/t7-,8+,9-,10+/m1/s1. The molecule has 12 heavy (non-hydrogen) atoms. The summed E-state index contributed by atoms with van der Waals surface area (Å²) in [6.07, 6.45) is 2.72.